The molecule has 0 spiro atoms. The van der Waals surface area contributed by atoms with Crippen molar-refractivity contribution in [2.45, 2.75) is 57.4 Å². The fourth-order valence-corrected chi connectivity index (χ4v) is 4.96. The van der Waals surface area contributed by atoms with Crippen molar-refractivity contribution in [2.75, 3.05) is 32.5 Å². The number of benzene rings is 1. The molecule has 2 fully saturated rings. The van der Waals surface area contributed by atoms with E-state index in [9.17, 15) is 4.79 Å². The Kier molecular flexibility index (Phi) is 5.98. The van der Waals surface area contributed by atoms with Crippen molar-refractivity contribution < 1.29 is 9.53 Å². The molecule has 0 aromatic heterocycles. The summed E-state index contributed by atoms with van der Waals surface area (Å²) in [4.78, 5) is 15.4. The molecule has 0 atom stereocenters. The molecule has 6 heteroatoms. The summed E-state index contributed by atoms with van der Waals surface area (Å²) in [5.41, 5.74) is 8.22. The quantitative estimate of drug-likeness (QED) is 0.710. The van der Waals surface area contributed by atoms with Crippen LogP contribution >= 0.6 is 11.6 Å². The Balaban J connectivity index is 1.71. The van der Waals surface area contributed by atoms with Crippen LogP contribution in [0.3, 0.4) is 0 Å². The molecule has 0 saturated carbocycles. The van der Waals surface area contributed by atoms with Crippen molar-refractivity contribution in [2.24, 2.45) is 0 Å². The number of hydrogen-bond donors (Lipinski definition) is 2. The minimum atomic E-state index is -0.139. The van der Waals surface area contributed by atoms with E-state index in [2.05, 4.69) is 17.1 Å². The minimum Gasteiger partial charge on any atom is -0.496 e. The van der Waals surface area contributed by atoms with Crippen LogP contribution in [-0.4, -0.2) is 43.1 Å². The molecule has 2 heterocycles. The number of nitrogens with two attached hydrogens (primary N) is 1. The first-order valence-electron chi connectivity index (χ1n) is 9.70. The number of ether oxygens (including phenoxy) is 1. The number of carbonyl (C=O) groups is 1. The molecule has 0 aliphatic carbocycles. The lowest BCUT2D eigenvalue weighted by atomic mass is 9.90. The SMILES string of the molecule is CCCc1c(N)c(Cl)cc(C(=O)NCCC23CCCN2CCC3)c1OC. The Morgan fingerprint density at radius 2 is 2.08 bits per heavy atom. The summed E-state index contributed by atoms with van der Waals surface area (Å²) in [6, 6.07) is 1.62. The maximum absolute atomic E-state index is 12.8. The lowest BCUT2D eigenvalue weighted by Gasteiger charge is -2.32. The van der Waals surface area contributed by atoms with Crippen molar-refractivity contribution in [1.29, 1.82) is 0 Å². The molecule has 3 rings (SSSR count). The molecule has 5 nitrogen and oxygen atoms in total. The predicted molar refractivity (Wildman–Crippen MR) is 106 cm³/mol. The van der Waals surface area contributed by atoms with Gasteiger partial charge in [-0.05, 0) is 57.7 Å². The van der Waals surface area contributed by atoms with Crippen molar-refractivity contribution in [1.82, 2.24) is 10.2 Å². The predicted octanol–water partition coefficient (Wildman–Crippen LogP) is 3.63. The largest absolute Gasteiger partial charge is 0.496 e. The van der Waals surface area contributed by atoms with Gasteiger partial charge < -0.3 is 15.8 Å². The number of halogens is 1. The average molecular weight is 380 g/mol. The topological polar surface area (TPSA) is 67.6 Å². The second-order valence-corrected chi connectivity index (χ2v) is 7.91. The Bertz CT molecular complexity index is 668. The van der Waals surface area contributed by atoms with E-state index in [-0.39, 0.29) is 5.91 Å². The molecule has 1 aromatic carbocycles. The molecule has 3 N–H and O–H groups in total. The number of fused-ring (bicyclic) bond motifs is 1. The second kappa shape index (κ2) is 8.05. The van der Waals surface area contributed by atoms with Gasteiger partial charge in [-0.3, -0.25) is 9.69 Å². The Morgan fingerprint density at radius 3 is 2.69 bits per heavy atom. The highest BCUT2D eigenvalue weighted by Gasteiger charge is 2.43. The van der Waals surface area contributed by atoms with E-state index in [1.54, 1.807) is 13.2 Å². The number of amides is 1. The highest BCUT2D eigenvalue weighted by Crippen LogP contribution is 2.41. The van der Waals surface area contributed by atoms with Crippen LogP contribution in [0, 0.1) is 0 Å². The third kappa shape index (κ3) is 3.52. The van der Waals surface area contributed by atoms with Gasteiger partial charge in [0.15, 0.2) is 0 Å². The summed E-state index contributed by atoms with van der Waals surface area (Å²) in [6.07, 6.45) is 7.69. The highest BCUT2D eigenvalue weighted by molar-refractivity contribution is 6.33. The molecule has 0 unspecified atom stereocenters. The van der Waals surface area contributed by atoms with Crippen LogP contribution in [0.15, 0.2) is 6.07 Å². The molecule has 0 bridgehead atoms. The van der Waals surface area contributed by atoms with Gasteiger partial charge in [0.05, 0.1) is 23.4 Å². The number of carbonyl (C=O) groups excluding carboxylic acids is 1. The molecular weight excluding hydrogens is 350 g/mol. The first-order chi connectivity index (χ1) is 12.5. The van der Waals surface area contributed by atoms with Gasteiger partial charge in [-0.15, -0.1) is 0 Å². The van der Waals surface area contributed by atoms with Gasteiger partial charge in [0.25, 0.3) is 5.91 Å². The van der Waals surface area contributed by atoms with Gasteiger partial charge in [-0.25, -0.2) is 0 Å². The fraction of sp³-hybridized carbons (Fsp3) is 0.650. The minimum absolute atomic E-state index is 0.139. The Morgan fingerprint density at radius 1 is 1.38 bits per heavy atom. The third-order valence-electron chi connectivity index (χ3n) is 6.01. The van der Waals surface area contributed by atoms with Crippen molar-refractivity contribution in [3.8, 4) is 5.75 Å². The molecule has 26 heavy (non-hydrogen) atoms. The second-order valence-electron chi connectivity index (χ2n) is 7.51. The van der Waals surface area contributed by atoms with Crippen LogP contribution in [0.4, 0.5) is 5.69 Å². The van der Waals surface area contributed by atoms with Crippen LogP contribution < -0.4 is 15.8 Å². The standard InChI is InChI=1S/C20H30ClN3O2/c1-3-6-14-17(22)16(21)13-15(18(14)26-2)19(25)23-10-9-20-7-4-11-24(20)12-5-8-20/h13H,3-12,22H2,1-2H3,(H,23,25). The molecule has 2 aliphatic heterocycles. The van der Waals surface area contributed by atoms with Crippen molar-refractivity contribution in [3.63, 3.8) is 0 Å². The fourth-order valence-electron chi connectivity index (χ4n) is 4.74. The van der Waals surface area contributed by atoms with Crippen LogP contribution in [0.25, 0.3) is 0 Å². The lowest BCUT2D eigenvalue weighted by Crippen LogP contribution is -2.41. The first kappa shape index (κ1) is 19.3. The van der Waals surface area contributed by atoms with E-state index in [0.29, 0.717) is 34.1 Å². The monoisotopic (exact) mass is 379 g/mol. The molecule has 0 radical (unpaired) electrons. The summed E-state index contributed by atoms with van der Waals surface area (Å²) in [5, 5.41) is 3.49. The van der Waals surface area contributed by atoms with E-state index in [1.165, 1.54) is 38.8 Å². The molecule has 2 saturated heterocycles. The Hall–Kier alpha value is -1.46. The smallest absolute Gasteiger partial charge is 0.255 e. The first-order valence-corrected chi connectivity index (χ1v) is 10.1. The van der Waals surface area contributed by atoms with Crippen LogP contribution in [0.1, 0.15) is 61.4 Å². The van der Waals surface area contributed by atoms with E-state index in [1.807, 2.05) is 0 Å². The lowest BCUT2D eigenvalue weighted by molar-refractivity contribution is 0.0939. The molecule has 2 aliphatic rings. The van der Waals surface area contributed by atoms with Crippen LogP contribution in [0.2, 0.25) is 5.02 Å². The molecule has 144 valence electrons. The van der Waals surface area contributed by atoms with Gasteiger partial charge in [0, 0.05) is 17.6 Å². The number of rotatable bonds is 7. The van der Waals surface area contributed by atoms with E-state index >= 15 is 0 Å². The molecule has 1 aromatic rings. The van der Waals surface area contributed by atoms with Gasteiger partial charge in [0.1, 0.15) is 5.75 Å². The molecular formula is C20H30ClN3O2. The summed E-state index contributed by atoms with van der Waals surface area (Å²) in [6.45, 7) is 5.14. The van der Waals surface area contributed by atoms with Gasteiger partial charge in [-0.2, -0.15) is 0 Å². The van der Waals surface area contributed by atoms with E-state index in [4.69, 9.17) is 22.1 Å². The number of methoxy groups -OCH3 is 1. The maximum atomic E-state index is 12.8. The zero-order chi connectivity index (χ0) is 18.7. The normalized spacial score (nSPS) is 18.7. The van der Waals surface area contributed by atoms with Crippen molar-refractivity contribution in [3.05, 3.63) is 22.2 Å². The zero-order valence-corrected chi connectivity index (χ0v) is 16.6. The summed E-state index contributed by atoms with van der Waals surface area (Å²) in [7, 11) is 1.58. The highest BCUT2D eigenvalue weighted by atomic mass is 35.5. The van der Waals surface area contributed by atoms with E-state index < -0.39 is 0 Å². The number of anilines is 1. The summed E-state index contributed by atoms with van der Waals surface area (Å²) >= 11 is 6.27. The number of nitrogen functional groups attached to an aromatic ring is 1. The van der Waals surface area contributed by atoms with Crippen LogP contribution in [0.5, 0.6) is 5.75 Å². The zero-order valence-electron chi connectivity index (χ0n) is 15.9. The van der Waals surface area contributed by atoms with Crippen LogP contribution in [-0.2, 0) is 6.42 Å². The molecule has 1 amide bonds. The Labute approximate surface area is 161 Å². The van der Waals surface area contributed by atoms with Gasteiger partial charge in [0.2, 0.25) is 0 Å². The maximum Gasteiger partial charge on any atom is 0.255 e. The van der Waals surface area contributed by atoms with E-state index in [0.717, 1.165) is 24.8 Å². The number of nitrogens with one attached hydrogen (secondary N) is 1. The van der Waals surface area contributed by atoms with Crippen molar-refractivity contribution >= 4 is 23.2 Å². The van der Waals surface area contributed by atoms with Gasteiger partial charge in [-0.1, -0.05) is 24.9 Å². The average Bonchev–Trinajstić information content (AvgIpc) is 3.18. The number of nitrogens with zero attached hydrogens (tertiary/aromatic N) is 1. The summed E-state index contributed by atoms with van der Waals surface area (Å²) < 4.78 is 5.53. The number of hydrogen-bond acceptors (Lipinski definition) is 4. The summed E-state index contributed by atoms with van der Waals surface area (Å²) in [5.74, 6) is 0.410. The third-order valence-corrected chi connectivity index (χ3v) is 6.32. The van der Waals surface area contributed by atoms with Gasteiger partial charge >= 0.3 is 0 Å².